The average Bonchev–Trinajstić information content (AvgIpc) is 3.43. The highest BCUT2D eigenvalue weighted by atomic mass is 32.1. The molecule has 0 radical (unpaired) electrons. The van der Waals surface area contributed by atoms with E-state index < -0.39 is 5.97 Å². The van der Waals surface area contributed by atoms with Crippen LogP contribution in [-0.4, -0.2) is 20.7 Å². The lowest BCUT2D eigenvalue weighted by Gasteiger charge is -2.04. The highest BCUT2D eigenvalue weighted by Gasteiger charge is 2.10. The summed E-state index contributed by atoms with van der Waals surface area (Å²) < 4.78 is 8.23. The molecule has 2 N–H and O–H groups in total. The molecule has 6 nitrogen and oxygen atoms in total. The summed E-state index contributed by atoms with van der Waals surface area (Å²) in [6.07, 6.45) is 7.84. The Hall–Kier alpha value is -2.97. The van der Waals surface area contributed by atoms with Gasteiger partial charge in [0.15, 0.2) is 3.95 Å². The number of aromatic hydroxyl groups is 1. The molecule has 1 aliphatic rings. The average molecular weight is 441 g/mol. The van der Waals surface area contributed by atoms with Crippen LogP contribution in [0.1, 0.15) is 36.1 Å². The van der Waals surface area contributed by atoms with Gasteiger partial charge in [0.25, 0.3) is 0 Å². The van der Waals surface area contributed by atoms with Gasteiger partial charge in [0.1, 0.15) is 10.8 Å². The number of thiazole rings is 1. The molecule has 0 spiro atoms. The van der Waals surface area contributed by atoms with Crippen molar-refractivity contribution in [3.05, 3.63) is 72.3 Å². The molecule has 0 unspecified atom stereocenters. The normalized spacial score (nSPS) is 14.1. The summed E-state index contributed by atoms with van der Waals surface area (Å²) in [5.74, 6) is -0.670. The van der Waals surface area contributed by atoms with E-state index in [0.29, 0.717) is 27.2 Å². The lowest BCUT2D eigenvalue weighted by molar-refractivity contribution is -0.137. The third-order valence-electron chi connectivity index (χ3n) is 4.85. The molecule has 8 heteroatoms. The Morgan fingerprint density at radius 3 is 2.93 bits per heavy atom. The van der Waals surface area contributed by atoms with Crippen LogP contribution in [0.5, 0.6) is 5.88 Å². The number of unbranched alkanes of at least 4 members (excludes halogenated alkanes) is 2. The molecule has 30 heavy (non-hydrogen) atoms. The van der Waals surface area contributed by atoms with E-state index in [-0.39, 0.29) is 12.3 Å². The molecular weight excluding hydrogens is 420 g/mol. The number of hydrogen-bond acceptors (Lipinski definition) is 6. The number of hydrogen-bond donors (Lipinski definition) is 2. The van der Waals surface area contributed by atoms with Crippen molar-refractivity contribution in [3.8, 4) is 5.88 Å². The summed E-state index contributed by atoms with van der Waals surface area (Å²) in [5.41, 5.74) is 2.43. The predicted molar refractivity (Wildman–Crippen MR) is 117 cm³/mol. The van der Waals surface area contributed by atoms with E-state index in [1.807, 2.05) is 36.4 Å². The van der Waals surface area contributed by atoms with Gasteiger partial charge in [0, 0.05) is 36.0 Å². The van der Waals surface area contributed by atoms with Gasteiger partial charge in [-0.1, -0.05) is 6.42 Å². The van der Waals surface area contributed by atoms with Crippen molar-refractivity contribution < 1.29 is 19.4 Å². The van der Waals surface area contributed by atoms with Crippen LogP contribution < -0.4 is 10.8 Å². The molecule has 0 bridgehead atoms. The fourth-order valence-electron chi connectivity index (χ4n) is 3.30. The molecular formula is C22H20N2O4S2. The Morgan fingerprint density at radius 1 is 1.23 bits per heavy atom. The maximum Gasteiger partial charge on any atom is 0.303 e. The lowest BCUT2D eigenvalue weighted by atomic mass is 10.2. The van der Waals surface area contributed by atoms with Crippen LogP contribution in [0.15, 0.2) is 45.9 Å². The highest BCUT2D eigenvalue weighted by molar-refractivity contribution is 7.73. The zero-order valence-corrected chi connectivity index (χ0v) is 17.7. The number of carbonyl (C=O) groups is 1. The van der Waals surface area contributed by atoms with Gasteiger partial charge in [0.2, 0.25) is 5.88 Å². The summed E-state index contributed by atoms with van der Waals surface area (Å²) in [6.45, 7) is 0.561. The second kappa shape index (κ2) is 8.81. The van der Waals surface area contributed by atoms with E-state index in [9.17, 15) is 9.90 Å². The minimum Gasteiger partial charge on any atom is -0.493 e. The summed E-state index contributed by atoms with van der Waals surface area (Å²) in [5, 5.41) is 21.2. The fraction of sp³-hybridized carbons (Fsp3) is 0.227. The van der Waals surface area contributed by atoms with Crippen molar-refractivity contribution in [3.63, 3.8) is 0 Å². The second-order valence-corrected chi connectivity index (χ2v) is 8.65. The minimum atomic E-state index is -0.786. The Balaban J connectivity index is 1.57. The number of carboxylic acid groups (broad SMARTS) is 1. The van der Waals surface area contributed by atoms with Gasteiger partial charge in [-0.15, -0.1) is 11.3 Å². The third-order valence-corrected chi connectivity index (χ3v) is 6.23. The molecule has 0 saturated carbocycles. The van der Waals surface area contributed by atoms with Crippen LogP contribution in [0, 0.1) is 14.6 Å². The maximum atomic E-state index is 10.6. The quantitative estimate of drug-likeness (QED) is 0.429. The number of carboxylic acids is 1. The fourth-order valence-corrected chi connectivity index (χ4v) is 4.60. The predicted octanol–water partition coefficient (Wildman–Crippen LogP) is 3.94. The molecule has 1 aromatic carbocycles. The first kappa shape index (κ1) is 20.3. The summed E-state index contributed by atoms with van der Waals surface area (Å²) in [4.78, 5) is 15.5. The summed E-state index contributed by atoms with van der Waals surface area (Å²) in [6, 6.07) is 9.73. The van der Waals surface area contributed by atoms with Crippen LogP contribution in [0.25, 0.3) is 12.2 Å². The Labute approximate surface area is 181 Å². The molecule has 0 aliphatic carbocycles. The Bertz CT molecular complexity index is 1400. The number of nitrogens with zero attached hydrogens (tertiary/aromatic N) is 2. The van der Waals surface area contributed by atoms with Crippen molar-refractivity contribution in [2.24, 2.45) is 4.99 Å². The molecule has 3 aromatic rings. The Kier molecular flexibility index (Phi) is 5.96. The monoisotopic (exact) mass is 440 g/mol. The molecule has 0 amide bonds. The molecule has 0 saturated heterocycles. The van der Waals surface area contributed by atoms with Gasteiger partial charge in [-0.05, 0) is 61.5 Å². The van der Waals surface area contributed by atoms with Gasteiger partial charge >= 0.3 is 5.97 Å². The zero-order chi connectivity index (χ0) is 21.1. The third kappa shape index (κ3) is 4.44. The van der Waals surface area contributed by atoms with Crippen LogP contribution in [-0.2, 0) is 11.3 Å². The number of aliphatic carboxylic acids is 1. The van der Waals surface area contributed by atoms with Gasteiger partial charge in [-0.2, -0.15) is 0 Å². The van der Waals surface area contributed by atoms with Gasteiger partial charge in [-0.3, -0.25) is 14.4 Å². The number of furan rings is 1. The largest absolute Gasteiger partial charge is 0.493 e. The van der Waals surface area contributed by atoms with Crippen molar-refractivity contribution in [2.75, 3.05) is 0 Å². The van der Waals surface area contributed by atoms with E-state index >= 15 is 0 Å². The zero-order valence-electron chi connectivity index (χ0n) is 16.1. The molecule has 1 aliphatic heterocycles. The SMILES string of the molecule is O=C(O)CCCCCn1c(O)c(/C=c2\cc/c(=c3/ccc4c(c3)C=CN=4)o2)sc1=S. The molecule has 154 valence electrons. The number of fused-ring (bicyclic) bond motifs is 1. The highest BCUT2D eigenvalue weighted by Crippen LogP contribution is 2.27. The van der Waals surface area contributed by atoms with Crippen LogP contribution in [0.2, 0.25) is 0 Å². The molecule has 2 aromatic heterocycles. The van der Waals surface area contributed by atoms with E-state index in [4.69, 9.17) is 21.7 Å². The van der Waals surface area contributed by atoms with Crippen molar-refractivity contribution in [2.45, 2.75) is 32.2 Å². The van der Waals surface area contributed by atoms with E-state index in [2.05, 4.69) is 4.99 Å². The van der Waals surface area contributed by atoms with Crippen molar-refractivity contribution in [1.82, 2.24) is 4.57 Å². The first-order chi connectivity index (χ1) is 14.5. The minimum absolute atomic E-state index is 0.116. The number of aromatic nitrogens is 1. The van der Waals surface area contributed by atoms with E-state index in [1.54, 1.807) is 16.8 Å². The Morgan fingerprint density at radius 2 is 2.10 bits per heavy atom. The topological polar surface area (TPSA) is 88.0 Å². The van der Waals surface area contributed by atoms with Gasteiger partial charge < -0.3 is 14.6 Å². The van der Waals surface area contributed by atoms with Gasteiger partial charge in [0.05, 0.1) is 10.2 Å². The van der Waals surface area contributed by atoms with Crippen LogP contribution in [0.4, 0.5) is 0 Å². The molecule has 0 atom stereocenters. The van der Waals surface area contributed by atoms with E-state index in [1.165, 1.54) is 11.3 Å². The maximum absolute atomic E-state index is 10.6. The molecule has 3 heterocycles. The first-order valence-corrected chi connectivity index (χ1v) is 10.8. The first-order valence-electron chi connectivity index (χ1n) is 9.62. The van der Waals surface area contributed by atoms with Gasteiger partial charge in [-0.25, -0.2) is 0 Å². The standard InChI is InChI=1S/C22H20N2O4S2/c25-20(26)4-2-1-3-11-24-21(27)19(30-22(24)29)13-16-6-8-18(28-16)15-5-7-17-14(12-15)9-10-23-17/h5-10,12-13,27H,1-4,11H2,(H,25,26)/b16-13+,18-15+. The van der Waals surface area contributed by atoms with Crippen molar-refractivity contribution in [1.29, 1.82) is 0 Å². The number of benzene rings is 1. The van der Waals surface area contributed by atoms with Crippen LogP contribution >= 0.6 is 23.6 Å². The lowest BCUT2D eigenvalue weighted by Crippen LogP contribution is -2.00. The second-order valence-electron chi connectivity index (χ2n) is 6.98. The molecule has 0 fully saturated rings. The smallest absolute Gasteiger partial charge is 0.303 e. The van der Waals surface area contributed by atoms with E-state index in [0.717, 1.165) is 34.4 Å². The van der Waals surface area contributed by atoms with Crippen LogP contribution in [0.3, 0.4) is 0 Å². The molecule has 4 rings (SSSR count). The summed E-state index contributed by atoms with van der Waals surface area (Å²) in [7, 11) is 0. The van der Waals surface area contributed by atoms with Crippen molar-refractivity contribution >= 4 is 41.7 Å². The summed E-state index contributed by atoms with van der Waals surface area (Å²) >= 11 is 6.71. The number of rotatable bonds is 7.